The number of hydrogen-bond acceptors (Lipinski definition) is 1. The second-order valence-corrected chi connectivity index (χ2v) is 5.66. The molecule has 0 aliphatic heterocycles. The van der Waals surface area contributed by atoms with E-state index in [1.807, 2.05) is 6.07 Å². The Morgan fingerprint density at radius 3 is 2.24 bits per heavy atom. The van der Waals surface area contributed by atoms with Crippen LogP contribution in [0.2, 0.25) is 10.0 Å². The Labute approximate surface area is 132 Å². The van der Waals surface area contributed by atoms with Gasteiger partial charge < -0.3 is 5.32 Å². The Bertz CT molecular complexity index is 611. The van der Waals surface area contributed by atoms with Crippen LogP contribution in [0.1, 0.15) is 11.1 Å². The standard InChI is InChI=1S/C16H15Cl2F2N/c1-21-11(7-10-5-6-13(17)14(18)8-10)9-12-15(19)3-2-4-16(12)20/h2-6,8,11,21H,7,9H2,1H3. The number of halogens is 4. The van der Waals surface area contributed by atoms with E-state index in [2.05, 4.69) is 5.32 Å². The first-order valence-corrected chi connectivity index (χ1v) is 7.31. The van der Waals surface area contributed by atoms with E-state index in [1.54, 1.807) is 19.2 Å². The predicted octanol–water partition coefficient (Wildman–Crippen LogP) is 4.64. The molecular formula is C16H15Cl2F2N. The van der Waals surface area contributed by atoms with Crippen LogP contribution >= 0.6 is 23.2 Å². The average Bonchev–Trinajstić information content (AvgIpc) is 2.45. The highest BCUT2D eigenvalue weighted by molar-refractivity contribution is 6.42. The van der Waals surface area contributed by atoms with E-state index in [9.17, 15) is 8.78 Å². The summed E-state index contributed by atoms with van der Waals surface area (Å²) >= 11 is 11.9. The summed E-state index contributed by atoms with van der Waals surface area (Å²) in [4.78, 5) is 0. The lowest BCUT2D eigenvalue weighted by Gasteiger charge is -2.17. The predicted molar refractivity (Wildman–Crippen MR) is 83.1 cm³/mol. The van der Waals surface area contributed by atoms with Crippen molar-refractivity contribution in [2.75, 3.05) is 7.05 Å². The van der Waals surface area contributed by atoms with E-state index in [0.29, 0.717) is 16.5 Å². The Morgan fingerprint density at radius 1 is 1.00 bits per heavy atom. The molecule has 1 nitrogen and oxygen atoms in total. The third-order valence-corrected chi connectivity index (χ3v) is 4.13. The van der Waals surface area contributed by atoms with E-state index in [-0.39, 0.29) is 18.0 Å². The SMILES string of the molecule is CNC(Cc1ccc(Cl)c(Cl)c1)Cc1c(F)cccc1F. The van der Waals surface area contributed by atoms with Gasteiger partial charge in [-0.1, -0.05) is 35.3 Å². The minimum Gasteiger partial charge on any atom is -0.316 e. The number of likely N-dealkylation sites (N-methyl/N-ethyl adjacent to an activating group) is 1. The van der Waals surface area contributed by atoms with Crippen LogP contribution in [0.3, 0.4) is 0 Å². The Morgan fingerprint density at radius 2 is 1.67 bits per heavy atom. The molecule has 0 spiro atoms. The molecule has 0 radical (unpaired) electrons. The summed E-state index contributed by atoms with van der Waals surface area (Å²) in [7, 11) is 1.76. The first kappa shape index (κ1) is 16.2. The molecule has 1 N–H and O–H groups in total. The van der Waals surface area contributed by atoms with Gasteiger partial charge >= 0.3 is 0 Å². The van der Waals surface area contributed by atoms with E-state index in [0.717, 1.165) is 5.56 Å². The quantitative estimate of drug-likeness (QED) is 0.842. The molecule has 0 heterocycles. The molecule has 112 valence electrons. The number of nitrogens with one attached hydrogen (secondary N) is 1. The highest BCUT2D eigenvalue weighted by atomic mass is 35.5. The Hall–Kier alpha value is -1.16. The van der Waals surface area contributed by atoms with Gasteiger partial charge in [-0.3, -0.25) is 0 Å². The maximum atomic E-state index is 13.7. The number of benzene rings is 2. The molecule has 0 saturated carbocycles. The lowest BCUT2D eigenvalue weighted by atomic mass is 9.98. The van der Waals surface area contributed by atoms with Crippen molar-refractivity contribution in [3.63, 3.8) is 0 Å². The molecule has 0 fully saturated rings. The largest absolute Gasteiger partial charge is 0.316 e. The van der Waals surface area contributed by atoms with Gasteiger partial charge in [0.1, 0.15) is 11.6 Å². The van der Waals surface area contributed by atoms with Crippen molar-refractivity contribution in [1.82, 2.24) is 5.32 Å². The van der Waals surface area contributed by atoms with Gasteiger partial charge in [0.05, 0.1) is 10.0 Å². The lowest BCUT2D eigenvalue weighted by Crippen LogP contribution is -2.30. The van der Waals surface area contributed by atoms with E-state index in [1.165, 1.54) is 18.2 Å². The van der Waals surface area contributed by atoms with Crippen LogP contribution in [0.5, 0.6) is 0 Å². The fourth-order valence-corrected chi connectivity index (χ4v) is 2.52. The molecule has 0 amide bonds. The molecule has 2 aromatic rings. The van der Waals surface area contributed by atoms with Crippen molar-refractivity contribution in [3.8, 4) is 0 Å². The zero-order chi connectivity index (χ0) is 15.4. The highest BCUT2D eigenvalue weighted by Crippen LogP contribution is 2.24. The maximum absolute atomic E-state index is 13.7. The van der Waals surface area contributed by atoms with Gasteiger partial charge in [-0.05, 0) is 49.7 Å². The lowest BCUT2D eigenvalue weighted by molar-refractivity contribution is 0.502. The summed E-state index contributed by atoms with van der Waals surface area (Å²) in [5.41, 5.74) is 1.05. The van der Waals surface area contributed by atoms with Crippen molar-refractivity contribution in [2.24, 2.45) is 0 Å². The van der Waals surface area contributed by atoms with Crippen LogP contribution < -0.4 is 5.32 Å². The maximum Gasteiger partial charge on any atom is 0.129 e. The summed E-state index contributed by atoms with van der Waals surface area (Å²) in [6.45, 7) is 0. The van der Waals surface area contributed by atoms with Crippen LogP contribution in [0.15, 0.2) is 36.4 Å². The second kappa shape index (κ2) is 7.21. The summed E-state index contributed by atoms with van der Waals surface area (Å²) in [6.07, 6.45) is 0.858. The van der Waals surface area contributed by atoms with Gasteiger partial charge in [0.2, 0.25) is 0 Å². The van der Waals surface area contributed by atoms with Gasteiger partial charge in [0.25, 0.3) is 0 Å². The van der Waals surface area contributed by atoms with E-state index in [4.69, 9.17) is 23.2 Å². The Balaban J connectivity index is 2.15. The normalized spacial score (nSPS) is 12.4. The molecule has 2 aromatic carbocycles. The van der Waals surface area contributed by atoms with Crippen LogP contribution in [-0.4, -0.2) is 13.1 Å². The monoisotopic (exact) mass is 329 g/mol. The molecule has 0 bridgehead atoms. The molecule has 1 atom stereocenters. The summed E-state index contributed by atoms with van der Waals surface area (Å²) in [5.74, 6) is -1.05. The topological polar surface area (TPSA) is 12.0 Å². The molecule has 21 heavy (non-hydrogen) atoms. The number of rotatable bonds is 5. The van der Waals surface area contributed by atoms with Crippen LogP contribution in [0, 0.1) is 11.6 Å². The Kier molecular flexibility index (Phi) is 5.57. The first-order chi connectivity index (χ1) is 10.0. The molecule has 1 unspecified atom stereocenters. The van der Waals surface area contributed by atoms with Crippen LogP contribution in [0.4, 0.5) is 8.78 Å². The average molecular weight is 330 g/mol. The fraction of sp³-hybridized carbons (Fsp3) is 0.250. The molecule has 5 heteroatoms. The molecule has 0 aliphatic carbocycles. The zero-order valence-electron chi connectivity index (χ0n) is 11.5. The molecule has 2 rings (SSSR count). The smallest absolute Gasteiger partial charge is 0.129 e. The van der Waals surface area contributed by atoms with Gasteiger partial charge in [0.15, 0.2) is 0 Å². The minimum absolute atomic E-state index is 0.0944. The molecule has 0 aliphatic rings. The summed E-state index contributed by atoms with van der Waals surface area (Å²) in [5, 5.41) is 4.04. The van der Waals surface area contributed by atoms with Gasteiger partial charge in [0, 0.05) is 11.6 Å². The molecular weight excluding hydrogens is 315 g/mol. The fourth-order valence-electron chi connectivity index (χ4n) is 2.20. The third kappa shape index (κ3) is 4.16. The summed E-state index contributed by atoms with van der Waals surface area (Å²) in [6, 6.07) is 9.14. The van der Waals surface area contributed by atoms with Crippen molar-refractivity contribution < 1.29 is 8.78 Å². The van der Waals surface area contributed by atoms with E-state index < -0.39 is 11.6 Å². The zero-order valence-corrected chi connectivity index (χ0v) is 13.0. The van der Waals surface area contributed by atoms with Gasteiger partial charge in [-0.15, -0.1) is 0 Å². The molecule has 0 saturated heterocycles. The van der Waals surface area contributed by atoms with Crippen molar-refractivity contribution in [3.05, 3.63) is 69.2 Å². The van der Waals surface area contributed by atoms with Crippen LogP contribution in [0.25, 0.3) is 0 Å². The van der Waals surface area contributed by atoms with Crippen LogP contribution in [-0.2, 0) is 12.8 Å². The second-order valence-electron chi connectivity index (χ2n) is 4.84. The third-order valence-electron chi connectivity index (χ3n) is 3.39. The molecule has 0 aromatic heterocycles. The summed E-state index contributed by atoms with van der Waals surface area (Å²) < 4.78 is 27.4. The van der Waals surface area contributed by atoms with Crippen molar-refractivity contribution in [1.29, 1.82) is 0 Å². The van der Waals surface area contributed by atoms with Crippen molar-refractivity contribution in [2.45, 2.75) is 18.9 Å². The van der Waals surface area contributed by atoms with Gasteiger partial charge in [-0.25, -0.2) is 8.78 Å². The minimum atomic E-state index is -0.524. The van der Waals surface area contributed by atoms with Crippen molar-refractivity contribution >= 4 is 23.2 Å². The first-order valence-electron chi connectivity index (χ1n) is 6.55. The van der Waals surface area contributed by atoms with E-state index >= 15 is 0 Å². The number of hydrogen-bond donors (Lipinski definition) is 1. The van der Waals surface area contributed by atoms with Gasteiger partial charge in [-0.2, -0.15) is 0 Å². The highest BCUT2D eigenvalue weighted by Gasteiger charge is 2.15.